The van der Waals surface area contributed by atoms with E-state index in [9.17, 15) is 39.3 Å². The SMILES string of the molecule is O=COCN(COC=O)C(Cc1ccccc1)CN(CC(=O)O)CC1(CN(CC(=O)O)CC(=O)O)CCC1. The Labute approximate surface area is 220 Å². The van der Waals surface area contributed by atoms with Crippen molar-refractivity contribution in [2.75, 3.05) is 52.7 Å². The first-order chi connectivity index (χ1) is 18.2. The predicted molar refractivity (Wildman–Crippen MR) is 132 cm³/mol. The minimum absolute atomic E-state index is 0.189. The lowest BCUT2D eigenvalue weighted by atomic mass is 9.68. The maximum absolute atomic E-state index is 11.8. The zero-order valence-electron chi connectivity index (χ0n) is 21.1. The van der Waals surface area contributed by atoms with Crippen molar-refractivity contribution >= 4 is 30.9 Å². The smallest absolute Gasteiger partial charge is 0.317 e. The van der Waals surface area contributed by atoms with Crippen molar-refractivity contribution in [2.24, 2.45) is 5.41 Å². The van der Waals surface area contributed by atoms with Gasteiger partial charge in [0.2, 0.25) is 0 Å². The van der Waals surface area contributed by atoms with Gasteiger partial charge in [-0.15, -0.1) is 0 Å². The van der Waals surface area contributed by atoms with Crippen molar-refractivity contribution in [3.63, 3.8) is 0 Å². The molecule has 13 heteroatoms. The average molecular weight is 538 g/mol. The number of benzene rings is 1. The molecule has 0 radical (unpaired) electrons. The second kappa shape index (κ2) is 15.6. The Morgan fingerprint density at radius 2 is 1.34 bits per heavy atom. The van der Waals surface area contributed by atoms with E-state index in [-0.39, 0.29) is 52.6 Å². The molecule has 1 fully saturated rings. The van der Waals surface area contributed by atoms with Crippen molar-refractivity contribution in [1.82, 2.24) is 14.7 Å². The van der Waals surface area contributed by atoms with Gasteiger partial charge in [-0.05, 0) is 30.2 Å². The zero-order valence-corrected chi connectivity index (χ0v) is 21.1. The molecule has 0 spiro atoms. The van der Waals surface area contributed by atoms with Crippen LogP contribution in [0.2, 0.25) is 0 Å². The van der Waals surface area contributed by atoms with E-state index in [0.717, 1.165) is 12.0 Å². The van der Waals surface area contributed by atoms with Crippen LogP contribution in [-0.2, 0) is 39.9 Å². The Hall–Kier alpha value is -3.55. The number of carbonyl (C=O) groups excluding carboxylic acids is 2. The summed E-state index contributed by atoms with van der Waals surface area (Å²) in [6.07, 6.45) is 2.66. The van der Waals surface area contributed by atoms with Gasteiger partial charge < -0.3 is 24.8 Å². The normalized spacial score (nSPS) is 15.0. The Kier molecular flexibility index (Phi) is 12.6. The highest BCUT2D eigenvalue weighted by Gasteiger charge is 2.41. The van der Waals surface area contributed by atoms with Gasteiger partial charge in [-0.3, -0.25) is 33.8 Å². The first kappa shape index (κ1) is 30.7. The highest BCUT2D eigenvalue weighted by atomic mass is 16.6. The Balaban J connectivity index is 2.30. The fraction of sp³-hybridized carbons (Fsp3) is 0.560. The van der Waals surface area contributed by atoms with Gasteiger partial charge in [-0.25, -0.2) is 4.90 Å². The lowest BCUT2D eigenvalue weighted by Crippen LogP contribution is -2.55. The molecule has 3 N–H and O–H groups in total. The second-order valence-corrected chi connectivity index (χ2v) is 9.57. The van der Waals surface area contributed by atoms with E-state index in [4.69, 9.17) is 9.47 Å². The van der Waals surface area contributed by atoms with Crippen LogP contribution in [0.25, 0.3) is 0 Å². The standard InChI is InChI=1S/C25H35N3O10/c29-18-37-16-28(17-38-19-30)21(9-20-5-2-1-3-6-20)10-26(11-22(31)32)14-25(7-4-8-25)15-27(12-23(33)34)13-24(35)36/h1-3,5-6,18-19,21H,4,7-17H2,(H,31,32)(H,33,34)(H,35,36). The van der Waals surface area contributed by atoms with Gasteiger partial charge in [0.1, 0.15) is 13.5 Å². The maximum Gasteiger partial charge on any atom is 0.317 e. The van der Waals surface area contributed by atoms with Crippen LogP contribution in [0, 0.1) is 5.41 Å². The van der Waals surface area contributed by atoms with E-state index in [1.807, 2.05) is 30.3 Å². The highest BCUT2D eigenvalue weighted by molar-refractivity contribution is 5.72. The molecular formula is C25H35N3O10. The number of hydrogen-bond donors (Lipinski definition) is 3. The molecule has 1 aromatic carbocycles. The summed E-state index contributed by atoms with van der Waals surface area (Å²) in [5.41, 5.74) is 0.448. The maximum atomic E-state index is 11.8. The summed E-state index contributed by atoms with van der Waals surface area (Å²) in [5, 5.41) is 28.1. The van der Waals surface area contributed by atoms with Crippen LogP contribution in [0.4, 0.5) is 0 Å². The summed E-state index contributed by atoms with van der Waals surface area (Å²) >= 11 is 0. The third-order valence-corrected chi connectivity index (χ3v) is 6.53. The molecule has 1 aliphatic rings. The van der Waals surface area contributed by atoms with Crippen LogP contribution < -0.4 is 0 Å². The summed E-state index contributed by atoms with van der Waals surface area (Å²) in [5.74, 6) is -3.36. The molecule has 0 heterocycles. The van der Waals surface area contributed by atoms with Gasteiger partial charge in [0.05, 0.1) is 19.6 Å². The largest absolute Gasteiger partial charge is 0.480 e. The quantitative estimate of drug-likeness (QED) is 0.143. The second-order valence-electron chi connectivity index (χ2n) is 9.57. The van der Waals surface area contributed by atoms with Crippen LogP contribution in [-0.4, -0.2) is 120 Å². The van der Waals surface area contributed by atoms with Crippen molar-refractivity contribution in [2.45, 2.75) is 31.7 Å². The lowest BCUT2D eigenvalue weighted by Gasteiger charge is -2.48. The Bertz CT molecular complexity index is 897. The summed E-state index contributed by atoms with van der Waals surface area (Å²) in [4.78, 5) is 60.9. The molecule has 0 bridgehead atoms. The topological polar surface area (TPSA) is 174 Å². The van der Waals surface area contributed by atoms with E-state index in [2.05, 4.69) is 0 Å². The average Bonchev–Trinajstić information content (AvgIpc) is 2.81. The van der Waals surface area contributed by atoms with E-state index < -0.39 is 42.5 Å². The van der Waals surface area contributed by atoms with E-state index >= 15 is 0 Å². The Morgan fingerprint density at radius 3 is 1.79 bits per heavy atom. The number of rotatable bonds is 21. The van der Waals surface area contributed by atoms with E-state index in [1.54, 1.807) is 9.80 Å². The van der Waals surface area contributed by atoms with Gasteiger partial charge in [0.25, 0.3) is 12.9 Å². The number of aliphatic carboxylic acids is 3. The van der Waals surface area contributed by atoms with Gasteiger partial charge in [0.15, 0.2) is 0 Å². The molecule has 1 aliphatic carbocycles. The molecule has 0 aliphatic heterocycles. The summed E-state index contributed by atoms with van der Waals surface area (Å²) in [7, 11) is 0. The number of carboxylic acids is 3. The zero-order chi connectivity index (χ0) is 28.0. The molecule has 1 aromatic rings. The number of ether oxygens (including phenoxy) is 2. The van der Waals surface area contributed by atoms with Crippen molar-refractivity contribution in [3.05, 3.63) is 35.9 Å². The third kappa shape index (κ3) is 10.8. The minimum Gasteiger partial charge on any atom is -0.480 e. The first-order valence-corrected chi connectivity index (χ1v) is 12.1. The molecular weight excluding hydrogens is 502 g/mol. The van der Waals surface area contributed by atoms with Crippen LogP contribution in [0.3, 0.4) is 0 Å². The van der Waals surface area contributed by atoms with Crippen LogP contribution in [0.5, 0.6) is 0 Å². The van der Waals surface area contributed by atoms with E-state index in [1.165, 1.54) is 4.90 Å². The summed E-state index contributed by atoms with van der Waals surface area (Å²) < 4.78 is 9.86. The summed E-state index contributed by atoms with van der Waals surface area (Å²) in [6.45, 7) is -0.358. The molecule has 1 saturated carbocycles. The molecule has 13 nitrogen and oxygen atoms in total. The van der Waals surface area contributed by atoms with Crippen LogP contribution in [0.15, 0.2) is 30.3 Å². The third-order valence-electron chi connectivity index (χ3n) is 6.53. The van der Waals surface area contributed by atoms with Crippen molar-refractivity contribution in [3.8, 4) is 0 Å². The minimum atomic E-state index is -1.15. The lowest BCUT2D eigenvalue weighted by molar-refractivity contribution is -0.145. The number of nitrogens with zero attached hydrogens (tertiary/aromatic N) is 3. The van der Waals surface area contributed by atoms with Gasteiger partial charge >= 0.3 is 17.9 Å². The number of hydrogen-bond acceptors (Lipinski definition) is 10. The highest BCUT2D eigenvalue weighted by Crippen LogP contribution is 2.42. The van der Waals surface area contributed by atoms with Gasteiger partial charge in [-0.1, -0.05) is 36.8 Å². The fourth-order valence-corrected chi connectivity index (χ4v) is 4.91. The molecule has 1 unspecified atom stereocenters. The first-order valence-electron chi connectivity index (χ1n) is 12.1. The number of carbonyl (C=O) groups is 5. The van der Waals surface area contributed by atoms with Crippen LogP contribution >= 0.6 is 0 Å². The Morgan fingerprint density at radius 1 is 0.842 bits per heavy atom. The molecule has 0 aromatic heterocycles. The molecule has 2 rings (SSSR count). The molecule has 0 amide bonds. The molecule has 1 atom stereocenters. The summed E-state index contributed by atoms with van der Waals surface area (Å²) in [6, 6.07) is 8.95. The van der Waals surface area contributed by atoms with Crippen molar-refractivity contribution < 1.29 is 48.8 Å². The molecule has 38 heavy (non-hydrogen) atoms. The molecule has 0 saturated heterocycles. The molecule has 210 valence electrons. The fourth-order valence-electron chi connectivity index (χ4n) is 4.91. The van der Waals surface area contributed by atoms with Crippen LogP contribution in [0.1, 0.15) is 24.8 Å². The van der Waals surface area contributed by atoms with Gasteiger partial charge in [0, 0.05) is 25.7 Å². The number of carboxylic acid groups (broad SMARTS) is 3. The van der Waals surface area contributed by atoms with E-state index in [0.29, 0.717) is 19.3 Å². The predicted octanol–water partition coefficient (Wildman–Crippen LogP) is 0.189. The van der Waals surface area contributed by atoms with Crippen molar-refractivity contribution in [1.29, 1.82) is 0 Å². The van der Waals surface area contributed by atoms with Gasteiger partial charge in [-0.2, -0.15) is 0 Å². The monoisotopic (exact) mass is 537 g/mol.